The number of rotatable bonds is 3. The first-order chi connectivity index (χ1) is 9.38. The summed E-state index contributed by atoms with van der Waals surface area (Å²) in [5.74, 6) is -0.0880. The lowest BCUT2D eigenvalue weighted by Gasteiger charge is -2.08. The van der Waals surface area contributed by atoms with Gasteiger partial charge in [-0.25, -0.2) is 0 Å². The summed E-state index contributed by atoms with van der Waals surface area (Å²) in [6.45, 7) is 5.83. The first-order valence-corrected chi connectivity index (χ1v) is 6.81. The standard InChI is InChI=1S/C15H18ClN3O/c1-9-5-6-14(13(16)7-9)17-15(20)8-12-10(2)18-19(4)11(12)3/h5-7H,8H2,1-4H3,(H,17,20). The van der Waals surface area contributed by atoms with Crippen LogP contribution in [0, 0.1) is 20.8 Å². The minimum absolute atomic E-state index is 0.0880. The summed E-state index contributed by atoms with van der Waals surface area (Å²) in [6, 6.07) is 5.57. The van der Waals surface area contributed by atoms with Crippen LogP contribution in [0.5, 0.6) is 0 Å². The third-order valence-corrected chi connectivity index (χ3v) is 3.71. The minimum Gasteiger partial charge on any atom is -0.324 e. The van der Waals surface area contributed by atoms with Crippen LogP contribution in [0.15, 0.2) is 18.2 Å². The van der Waals surface area contributed by atoms with E-state index in [4.69, 9.17) is 11.6 Å². The number of carbonyl (C=O) groups excluding carboxylic acids is 1. The summed E-state index contributed by atoms with van der Waals surface area (Å²) >= 11 is 6.11. The molecule has 0 saturated carbocycles. The molecular weight excluding hydrogens is 274 g/mol. The van der Waals surface area contributed by atoms with Gasteiger partial charge in [0.1, 0.15) is 0 Å². The number of carbonyl (C=O) groups is 1. The summed E-state index contributed by atoms with van der Waals surface area (Å²) in [5, 5.41) is 7.71. The normalized spacial score (nSPS) is 10.7. The van der Waals surface area contributed by atoms with E-state index in [0.717, 1.165) is 22.5 Å². The van der Waals surface area contributed by atoms with Crippen molar-refractivity contribution < 1.29 is 4.79 Å². The molecule has 106 valence electrons. The number of hydrogen-bond acceptors (Lipinski definition) is 2. The van der Waals surface area contributed by atoms with E-state index < -0.39 is 0 Å². The maximum Gasteiger partial charge on any atom is 0.228 e. The third kappa shape index (κ3) is 3.02. The van der Waals surface area contributed by atoms with Crippen LogP contribution in [0.1, 0.15) is 22.5 Å². The van der Waals surface area contributed by atoms with Crippen molar-refractivity contribution >= 4 is 23.2 Å². The predicted molar refractivity (Wildman–Crippen MR) is 81.2 cm³/mol. The highest BCUT2D eigenvalue weighted by molar-refractivity contribution is 6.33. The second-order valence-corrected chi connectivity index (χ2v) is 5.39. The van der Waals surface area contributed by atoms with Gasteiger partial charge in [-0.2, -0.15) is 5.10 Å². The zero-order valence-corrected chi connectivity index (χ0v) is 12.9. The van der Waals surface area contributed by atoms with E-state index >= 15 is 0 Å². The number of nitrogens with one attached hydrogen (secondary N) is 1. The Morgan fingerprint density at radius 3 is 2.60 bits per heavy atom. The number of halogens is 1. The Balaban J connectivity index is 2.13. The molecule has 0 aliphatic carbocycles. The number of benzene rings is 1. The molecule has 5 heteroatoms. The molecule has 0 radical (unpaired) electrons. The molecule has 1 N–H and O–H groups in total. The van der Waals surface area contributed by atoms with Crippen molar-refractivity contribution in [1.82, 2.24) is 9.78 Å². The molecule has 1 heterocycles. The summed E-state index contributed by atoms with van der Waals surface area (Å²) < 4.78 is 1.79. The summed E-state index contributed by atoms with van der Waals surface area (Å²) in [5.41, 5.74) is 4.56. The molecule has 1 amide bonds. The van der Waals surface area contributed by atoms with Crippen molar-refractivity contribution in [3.8, 4) is 0 Å². The van der Waals surface area contributed by atoms with Crippen LogP contribution in [0.2, 0.25) is 5.02 Å². The lowest BCUT2D eigenvalue weighted by Crippen LogP contribution is -2.15. The van der Waals surface area contributed by atoms with Gasteiger partial charge in [-0.05, 0) is 38.5 Å². The maximum absolute atomic E-state index is 12.1. The molecule has 4 nitrogen and oxygen atoms in total. The molecule has 0 fully saturated rings. The van der Waals surface area contributed by atoms with E-state index in [9.17, 15) is 4.79 Å². The van der Waals surface area contributed by atoms with Gasteiger partial charge >= 0.3 is 0 Å². The number of aromatic nitrogens is 2. The Morgan fingerprint density at radius 1 is 1.35 bits per heavy atom. The smallest absolute Gasteiger partial charge is 0.228 e. The minimum atomic E-state index is -0.0880. The lowest BCUT2D eigenvalue weighted by atomic mass is 10.1. The molecule has 0 atom stereocenters. The lowest BCUT2D eigenvalue weighted by molar-refractivity contribution is -0.115. The van der Waals surface area contributed by atoms with E-state index in [0.29, 0.717) is 17.1 Å². The zero-order valence-electron chi connectivity index (χ0n) is 12.1. The van der Waals surface area contributed by atoms with Gasteiger partial charge in [0.05, 0.1) is 22.8 Å². The van der Waals surface area contributed by atoms with E-state index in [1.54, 1.807) is 4.68 Å². The molecule has 2 aromatic rings. The number of anilines is 1. The van der Waals surface area contributed by atoms with Crippen molar-refractivity contribution in [2.75, 3.05) is 5.32 Å². The molecule has 1 aromatic carbocycles. The Morgan fingerprint density at radius 2 is 2.05 bits per heavy atom. The Hall–Kier alpha value is -1.81. The first-order valence-electron chi connectivity index (χ1n) is 6.43. The van der Waals surface area contributed by atoms with Crippen molar-refractivity contribution in [3.63, 3.8) is 0 Å². The topological polar surface area (TPSA) is 46.9 Å². The van der Waals surface area contributed by atoms with Gasteiger partial charge in [-0.15, -0.1) is 0 Å². The van der Waals surface area contributed by atoms with Crippen molar-refractivity contribution in [1.29, 1.82) is 0 Å². The molecule has 0 aliphatic heterocycles. The summed E-state index contributed by atoms with van der Waals surface area (Å²) in [4.78, 5) is 12.1. The fourth-order valence-electron chi connectivity index (χ4n) is 2.15. The molecule has 0 unspecified atom stereocenters. The quantitative estimate of drug-likeness (QED) is 0.944. The Bertz CT molecular complexity index is 661. The molecule has 0 aliphatic rings. The van der Waals surface area contributed by atoms with Gasteiger partial charge in [0.15, 0.2) is 0 Å². The molecule has 0 saturated heterocycles. The van der Waals surface area contributed by atoms with E-state index in [-0.39, 0.29) is 5.91 Å². The van der Waals surface area contributed by atoms with Crippen LogP contribution in [0.4, 0.5) is 5.69 Å². The van der Waals surface area contributed by atoms with Gasteiger partial charge in [0, 0.05) is 18.3 Å². The van der Waals surface area contributed by atoms with Gasteiger partial charge in [0.25, 0.3) is 0 Å². The van der Waals surface area contributed by atoms with E-state index in [2.05, 4.69) is 10.4 Å². The van der Waals surface area contributed by atoms with Crippen molar-refractivity contribution in [3.05, 3.63) is 45.7 Å². The Labute approximate surface area is 123 Å². The van der Waals surface area contributed by atoms with Crippen LogP contribution >= 0.6 is 11.6 Å². The third-order valence-electron chi connectivity index (χ3n) is 3.39. The van der Waals surface area contributed by atoms with Crippen LogP contribution in [0.3, 0.4) is 0 Å². The fraction of sp³-hybridized carbons (Fsp3) is 0.333. The SMILES string of the molecule is Cc1ccc(NC(=O)Cc2c(C)nn(C)c2C)c(Cl)c1. The monoisotopic (exact) mass is 291 g/mol. The number of aryl methyl sites for hydroxylation is 3. The van der Waals surface area contributed by atoms with Crippen molar-refractivity contribution in [2.45, 2.75) is 27.2 Å². The summed E-state index contributed by atoms with van der Waals surface area (Å²) in [6.07, 6.45) is 0.301. The van der Waals surface area contributed by atoms with E-state index in [1.165, 1.54) is 0 Å². The molecule has 1 aromatic heterocycles. The molecule has 0 bridgehead atoms. The number of hydrogen-bond donors (Lipinski definition) is 1. The predicted octanol–water partition coefficient (Wildman–Crippen LogP) is 3.18. The van der Waals surface area contributed by atoms with Crippen LogP contribution < -0.4 is 5.32 Å². The van der Waals surface area contributed by atoms with Crippen molar-refractivity contribution in [2.24, 2.45) is 7.05 Å². The second kappa shape index (κ2) is 5.67. The summed E-state index contributed by atoms with van der Waals surface area (Å²) in [7, 11) is 1.88. The van der Waals surface area contributed by atoms with E-state index in [1.807, 2.05) is 46.0 Å². The van der Waals surface area contributed by atoms with Gasteiger partial charge < -0.3 is 5.32 Å². The fourth-order valence-corrected chi connectivity index (χ4v) is 2.43. The average Bonchev–Trinajstić information content (AvgIpc) is 2.60. The molecule has 0 spiro atoms. The highest BCUT2D eigenvalue weighted by Crippen LogP contribution is 2.23. The van der Waals surface area contributed by atoms with Crippen LogP contribution in [0.25, 0.3) is 0 Å². The number of nitrogens with zero attached hydrogens (tertiary/aromatic N) is 2. The molecular formula is C15H18ClN3O. The second-order valence-electron chi connectivity index (χ2n) is 4.98. The number of amides is 1. The highest BCUT2D eigenvalue weighted by atomic mass is 35.5. The largest absolute Gasteiger partial charge is 0.324 e. The van der Waals surface area contributed by atoms with Crippen LogP contribution in [-0.4, -0.2) is 15.7 Å². The van der Waals surface area contributed by atoms with Gasteiger partial charge in [-0.3, -0.25) is 9.48 Å². The zero-order chi connectivity index (χ0) is 14.9. The molecule has 20 heavy (non-hydrogen) atoms. The van der Waals surface area contributed by atoms with Gasteiger partial charge in [0.2, 0.25) is 5.91 Å². The highest BCUT2D eigenvalue weighted by Gasteiger charge is 2.14. The van der Waals surface area contributed by atoms with Gasteiger partial charge in [-0.1, -0.05) is 17.7 Å². The first kappa shape index (κ1) is 14.6. The Kier molecular flexibility index (Phi) is 4.14. The average molecular weight is 292 g/mol. The van der Waals surface area contributed by atoms with Crippen LogP contribution in [-0.2, 0) is 18.3 Å². The molecule has 2 rings (SSSR count). The maximum atomic E-state index is 12.1.